The van der Waals surface area contributed by atoms with Gasteiger partial charge in [0.25, 0.3) is 0 Å². The number of nitrogens with zero attached hydrogens (tertiary/aromatic N) is 1. The van der Waals surface area contributed by atoms with E-state index in [9.17, 15) is 0 Å². The second-order valence-electron chi connectivity index (χ2n) is 3.78. The zero-order chi connectivity index (χ0) is 10.7. The zero-order valence-corrected chi connectivity index (χ0v) is 10.6. The first kappa shape index (κ1) is 15.4. The van der Waals surface area contributed by atoms with Gasteiger partial charge < -0.3 is 4.90 Å². The summed E-state index contributed by atoms with van der Waals surface area (Å²) in [6.07, 6.45) is 3.90. The number of hydrogen-bond donors (Lipinski definition) is 0. The van der Waals surface area contributed by atoms with E-state index < -0.39 is 0 Å². The molecule has 0 spiro atoms. The molecular formula is C12H29N. The molecule has 1 heteroatoms. The van der Waals surface area contributed by atoms with Gasteiger partial charge in [0.15, 0.2) is 0 Å². The molecule has 0 saturated heterocycles. The molecule has 0 aliphatic heterocycles. The van der Waals surface area contributed by atoms with Gasteiger partial charge in [0.2, 0.25) is 0 Å². The maximum absolute atomic E-state index is 2.50. The van der Waals surface area contributed by atoms with E-state index in [0.717, 1.165) is 6.04 Å². The Hall–Kier alpha value is -0.0400. The Morgan fingerprint density at radius 2 is 1.46 bits per heavy atom. The zero-order valence-electron chi connectivity index (χ0n) is 10.6. The van der Waals surface area contributed by atoms with Crippen LogP contribution in [0.25, 0.3) is 0 Å². The fraction of sp³-hybridized carbons (Fsp3) is 1.00. The van der Waals surface area contributed by atoms with Crippen molar-refractivity contribution in [3.05, 3.63) is 0 Å². The highest BCUT2D eigenvalue weighted by Crippen LogP contribution is 1.99. The predicted octanol–water partition coefficient (Wildman–Crippen LogP) is 3.93. The molecule has 0 rings (SSSR count). The molecule has 0 amide bonds. The van der Waals surface area contributed by atoms with E-state index >= 15 is 0 Å². The number of unbranched alkanes of at least 4 members (excludes halogenated alkanes) is 1. The molecule has 0 atom stereocenters. The topological polar surface area (TPSA) is 3.24 Å². The quantitative estimate of drug-likeness (QED) is 0.630. The summed E-state index contributed by atoms with van der Waals surface area (Å²) in [5, 5.41) is 0. The van der Waals surface area contributed by atoms with Gasteiger partial charge in [-0.05, 0) is 33.4 Å². The van der Waals surface area contributed by atoms with Crippen LogP contribution in [0.15, 0.2) is 0 Å². The third-order valence-electron chi connectivity index (χ3n) is 1.94. The SMILES string of the molecule is CCC.CCCCN(CC)C(C)C. The van der Waals surface area contributed by atoms with Gasteiger partial charge in [-0.1, -0.05) is 40.5 Å². The van der Waals surface area contributed by atoms with Crippen molar-refractivity contribution in [2.75, 3.05) is 13.1 Å². The monoisotopic (exact) mass is 187 g/mol. The van der Waals surface area contributed by atoms with Crippen molar-refractivity contribution in [2.45, 2.75) is 66.8 Å². The third kappa shape index (κ3) is 12.0. The second kappa shape index (κ2) is 12.0. The fourth-order valence-corrected chi connectivity index (χ4v) is 1.14. The smallest absolute Gasteiger partial charge is 0.00384 e. The number of hydrogen-bond acceptors (Lipinski definition) is 1. The fourth-order valence-electron chi connectivity index (χ4n) is 1.14. The molecule has 0 bridgehead atoms. The maximum Gasteiger partial charge on any atom is 0.00384 e. The van der Waals surface area contributed by atoms with E-state index in [4.69, 9.17) is 0 Å². The van der Waals surface area contributed by atoms with Crippen molar-refractivity contribution in [2.24, 2.45) is 0 Å². The molecule has 1 nitrogen and oxygen atoms in total. The summed E-state index contributed by atoms with van der Waals surface area (Å²) in [6.45, 7) is 15.7. The van der Waals surface area contributed by atoms with Gasteiger partial charge in [0.1, 0.15) is 0 Å². The van der Waals surface area contributed by atoms with Gasteiger partial charge in [-0.25, -0.2) is 0 Å². The minimum Gasteiger partial charge on any atom is -0.301 e. The van der Waals surface area contributed by atoms with E-state index in [1.165, 1.54) is 32.4 Å². The predicted molar refractivity (Wildman–Crippen MR) is 63.3 cm³/mol. The van der Waals surface area contributed by atoms with Gasteiger partial charge in [-0.2, -0.15) is 0 Å². The van der Waals surface area contributed by atoms with Crippen LogP contribution in [0.3, 0.4) is 0 Å². The molecule has 13 heavy (non-hydrogen) atoms. The van der Waals surface area contributed by atoms with Gasteiger partial charge >= 0.3 is 0 Å². The lowest BCUT2D eigenvalue weighted by molar-refractivity contribution is 0.230. The lowest BCUT2D eigenvalue weighted by atomic mass is 10.2. The van der Waals surface area contributed by atoms with Crippen LogP contribution in [-0.2, 0) is 0 Å². The van der Waals surface area contributed by atoms with Crippen molar-refractivity contribution in [1.82, 2.24) is 4.90 Å². The van der Waals surface area contributed by atoms with Crippen molar-refractivity contribution in [1.29, 1.82) is 0 Å². The highest BCUT2D eigenvalue weighted by Gasteiger charge is 2.03. The van der Waals surface area contributed by atoms with Crippen LogP contribution < -0.4 is 0 Å². The van der Waals surface area contributed by atoms with E-state index in [2.05, 4.69) is 46.4 Å². The Labute approximate surface area is 85.5 Å². The summed E-state index contributed by atoms with van der Waals surface area (Å²) < 4.78 is 0. The average molecular weight is 187 g/mol. The van der Waals surface area contributed by atoms with Gasteiger partial charge in [0, 0.05) is 6.04 Å². The molecule has 0 N–H and O–H groups in total. The largest absolute Gasteiger partial charge is 0.301 e. The molecule has 0 aliphatic rings. The molecule has 0 aliphatic carbocycles. The molecular weight excluding hydrogens is 158 g/mol. The van der Waals surface area contributed by atoms with Gasteiger partial charge in [-0.15, -0.1) is 0 Å². The van der Waals surface area contributed by atoms with Crippen LogP contribution >= 0.6 is 0 Å². The highest BCUT2D eigenvalue weighted by molar-refractivity contribution is 4.59. The normalized spacial score (nSPS) is 10.2. The summed E-state index contributed by atoms with van der Waals surface area (Å²) in [4.78, 5) is 2.50. The maximum atomic E-state index is 2.50. The first-order valence-electron chi connectivity index (χ1n) is 5.87. The molecule has 0 aromatic carbocycles. The Morgan fingerprint density at radius 3 is 1.69 bits per heavy atom. The second-order valence-corrected chi connectivity index (χ2v) is 3.78. The van der Waals surface area contributed by atoms with Crippen LogP contribution in [-0.4, -0.2) is 24.0 Å². The molecule has 82 valence electrons. The van der Waals surface area contributed by atoms with Crippen LogP contribution in [0.4, 0.5) is 0 Å². The van der Waals surface area contributed by atoms with Gasteiger partial charge in [0.05, 0.1) is 0 Å². The summed E-state index contributed by atoms with van der Waals surface area (Å²) >= 11 is 0. The van der Waals surface area contributed by atoms with E-state index in [0.29, 0.717) is 0 Å². The Bertz CT molecular complexity index is 79.2. The summed E-state index contributed by atoms with van der Waals surface area (Å²) in [6, 6.07) is 0.719. The Balaban J connectivity index is 0. The van der Waals surface area contributed by atoms with Crippen molar-refractivity contribution in [3.8, 4) is 0 Å². The van der Waals surface area contributed by atoms with Crippen molar-refractivity contribution < 1.29 is 0 Å². The molecule has 0 heterocycles. The lowest BCUT2D eigenvalue weighted by Gasteiger charge is -2.24. The average Bonchev–Trinajstić information content (AvgIpc) is 2.06. The van der Waals surface area contributed by atoms with Crippen LogP contribution in [0, 0.1) is 0 Å². The third-order valence-corrected chi connectivity index (χ3v) is 1.94. The molecule has 0 radical (unpaired) electrons. The Kier molecular flexibility index (Phi) is 14.2. The van der Waals surface area contributed by atoms with Gasteiger partial charge in [-0.3, -0.25) is 0 Å². The van der Waals surface area contributed by atoms with E-state index in [-0.39, 0.29) is 0 Å². The van der Waals surface area contributed by atoms with Crippen LogP contribution in [0.1, 0.15) is 60.8 Å². The molecule has 0 unspecified atom stereocenters. The van der Waals surface area contributed by atoms with E-state index in [1.807, 2.05) is 0 Å². The highest BCUT2D eigenvalue weighted by atomic mass is 15.1. The first-order valence-corrected chi connectivity index (χ1v) is 5.87. The first-order chi connectivity index (χ1) is 6.13. The summed E-state index contributed by atoms with van der Waals surface area (Å²) in [5.41, 5.74) is 0. The van der Waals surface area contributed by atoms with Crippen LogP contribution in [0.2, 0.25) is 0 Å². The minimum atomic E-state index is 0.719. The standard InChI is InChI=1S/C9H21N.C3H8/c1-5-7-8-10(6-2)9(3)4;1-3-2/h9H,5-8H2,1-4H3;3H2,1-2H3. The molecule has 0 aromatic heterocycles. The van der Waals surface area contributed by atoms with Crippen LogP contribution in [0.5, 0.6) is 0 Å². The van der Waals surface area contributed by atoms with Crippen molar-refractivity contribution in [3.63, 3.8) is 0 Å². The van der Waals surface area contributed by atoms with E-state index in [1.54, 1.807) is 0 Å². The summed E-state index contributed by atoms with van der Waals surface area (Å²) in [5.74, 6) is 0. The number of rotatable bonds is 5. The molecule has 0 aromatic rings. The minimum absolute atomic E-state index is 0.719. The Morgan fingerprint density at radius 1 is 1.00 bits per heavy atom. The molecule has 0 saturated carbocycles. The summed E-state index contributed by atoms with van der Waals surface area (Å²) in [7, 11) is 0. The molecule has 0 fully saturated rings. The lowest BCUT2D eigenvalue weighted by Crippen LogP contribution is -2.31. The van der Waals surface area contributed by atoms with Crippen molar-refractivity contribution >= 4 is 0 Å².